The second-order valence-electron chi connectivity index (χ2n) is 3.29. The van der Waals surface area contributed by atoms with Gasteiger partial charge in [-0.15, -0.1) is 0 Å². The number of hydrogen-bond acceptors (Lipinski definition) is 5. The van der Waals surface area contributed by atoms with Crippen LogP contribution in [-0.2, 0) is 4.79 Å². The molecule has 17 heavy (non-hydrogen) atoms. The van der Waals surface area contributed by atoms with Crippen LogP contribution in [0.2, 0.25) is 0 Å². The molecular formula is C10H12N6O. The summed E-state index contributed by atoms with van der Waals surface area (Å²) in [6, 6.07) is 3.51. The number of nitrogens with one attached hydrogen (secondary N) is 2. The predicted molar refractivity (Wildman–Crippen MR) is 61.7 cm³/mol. The van der Waals surface area contributed by atoms with Gasteiger partial charge >= 0.3 is 0 Å². The van der Waals surface area contributed by atoms with Crippen LogP contribution in [0.15, 0.2) is 31.0 Å². The van der Waals surface area contributed by atoms with E-state index in [-0.39, 0.29) is 12.5 Å². The average molecular weight is 232 g/mol. The van der Waals surface area contributed by atoms with Crippen LogP contribution in [0.25, 0.3) is 5.82 Å². The molecule has 0 aromatic carbocycles. The summed E-state index contributed by atoms with van der Waals surface area (Å²) in [5.41, 5.74) is 0.596. The van der Waals surface area contributed by atoms with Crippen molar-refractivity contribution >= 4 is 11.6 Å². The molecule has 0 bridgehead atoms. The van der Waals surface area contributed by atoms with Gasteiger partial charge in [-0.2, -0.15) is 5.10 Å². The van der Waals surface area contributed by atoms with Crippen LogP contribution >= 0.6 is 0 Å². The molecule has 0 spiro atoms. The molecule has 2 N–H and O–H groups in total. The number of anilines is 1. The minimum Gasteiger partial charge on any atom is -0.322 e. The maximum atomic E-state index is 11.5. The minimum absolute atomic E-state index is 0.137. The van der Waals surface area contributed by atoms with Gasteiger partial charge in [0.05, 0.1) is 12.2 Å². The highest BCUT2D eigenvalue weighted by Crippen LogP contribution is 2.15. The van der Waals surface area contributed by atoms with Gasteiger partial charge in [-0.05, 0) is 19.2 Å². The van der Waals surface area contributed by atoms with E-state index in [0.717, 1.165) is 0 Å². The molecule has 0 saturated heterocycles. The Morgan fingerprint density at radius 1 is 1.53 bits per heavy atom. The number of aromatic nitrogens is 4. The van der Waals surface area contributed by atoms with Crippen molar-refractivity contribution in [1.82, 2.24) is 25.1 Å². The van der Waals surface area contributed by atoms with E-state index in [1.165, 1.54) is 17.3 Å². The van der Waals surface area contributed by atoms with Crippen molar-refractivity contribution in [1.29, 1.82) is 0 Å². The Hall–Kier alpha value is -2.28. The van der Waals surface area contributed by atoms with E-state index in [1.807, 2.05) is 0 Å². The van der Waals surface area contributed by atoms with E-state index in [0.29, 0.717) is 11.5 Å². The molecule has 0 aliphatic heterocycles. The highest BCUT2D eigenvalue weighted by Gasteiger charge is 2.08. The van der Waals surface area contributed by atoms with Crippen molar-refractivity contribution in [2.24, 2.45) is 0 Å². The zero-order valence-corrected chi connectivity index (χ0v) is 9.29. The average Bonchev–Trinajstić information content (AvgIpc) is 2.83. The van der Waals surface area contributed by atoms with Crippen molar-refractivity contribution in [2.75, 3.05) is 18.9 Å². The van der Waals surface area contributed by atoms with Crippen LogP contribution in [-0.4, -0.2) is 39.2 Å². The summed E-state index contributed by atoms with van der Waals surface area (Å²) in [6.45, 7) is 0.242. The third kappa shape index (κ3) is 2.64. The van der Waals surface area contributed by atoms with E-state index in [2.05, 4.69) is 25.7 Å². The summed E-state index contributed by atoms with van der Waals surface area (Å²) < 4.78 is 1.50. The Bertz CT molecular complexity index is 495. The molecule has 0 aliphatic rings. The Kier molecular flexibility index (Phi) is 3.41. The van der Waals surface area contributed by atoms with Gasteiger partial charge < -0.3 is 10.6 Å². The molecule has 0 aliphatic carbocycles. The Morgan fingerprint density at radius 2 is 2.41 bits per heavy atom. The van der Waals surface area contributed by atoms with Gasteiger partial charge in [0.1, 0.15) is 12.7 Å². The Balaban J connectivity index is 2.25. The molecule has 0 saturated carbocycles. The molecule has 0 fully saturated rings. The maximum Gasteiger partial charge on any atom is 0.238 e. The van der Waals surface area contributed by atoms with Gasteiger partial charge in [-0.25, -0.2) is 14.6 Å². The van der Waals surface area contributed by atoms with Crippen molar-refractivity contribution < 1.29 is 4.79 Å². The molecule has 2 heterocycles. The van der Waals surface area contributed by atoms with Gasteiger partial charge in [0.25, 0.3) is 0 Å². The fourth-order valence-electron chi connectivity index (χ4n) is 1.35. The smallest absolute Gasteiger partial charge is 0.238 e. The molecule has 0 atom stereocenters. The number of carbonyl (C=O) groups excluding carboxylic acids is 1. The summed E-state index contributed by atoms with van der Waals surface area (Å²) in [7, 11) is 1.71. The third-order valence-corrected chi connectivity index (χ3v) is 2.03. The molecule has 1 amide bonds. The number of amides is 1. The molecule has 0 radical (unpaired) electrons. The van der Waals surface area contributed by atoms with Gasteiger partial charge in [0, 0.05) is 6.20 Å². The minimum atomic E-state index is -0.137. The van der Waals surface area contributed by atoms with Gasteiger partial charge in [-0.3, -0.25) is 4.79 Å². The monoisotopic (exact) mass is 232 g/mol. The molecule has 7 heteroatoms. The first-order valence-corrected chi connectivity index (χ1v) is 5.05. The van der Waals surface area contributed by atoms with Crippen LogP contribution in [0.3, 0.4) is 0 Å². The number of likely N-dealkylation sites (N-methyl/N-ethyl adjacent to an activating group) is 1. The lowest BCUT2D eigenvalue weighted by atomic mass is 10.3. The zero-order chi connectivity index (χ0) is 12.1. The quantitative estimate of drug-likeness (QED) is 0.764. The number of carbonyl (C=O) groups is 1. The fraction of sp³-hybridized carbons (Fsp3) is 0.200. The molecule has 2 aromatic heterocycles. The highest BCUT2D eigenvalue weighted by molar-refractivity contribution is 5.93. The second-order valence-corrected chi connectivity index (χ2v) is 3.29. The first-order chi connectivity index (χ1) is 8.31. The lowest BCUT2D eigenvalue weighted by molar-refractivity contribution is -0.115. The molecule has 0 unspecified atom stereocenters. The summed E-state index contributed by atoms with van der Waals surface area (Å²) in [6.07, 6.45) is 4.56. The topological polar surface area (TPSA) is 84.7 Å². The standard InChI is InChI=1S/C10H12N6O/c1-11-5-9(17)15-8-3-2-4-13-10(8)16-7-12-6-14-16/h2-4,6-7,11H,5H2,1H3,(H,15,17). The van der Waals surface area contributed by atoms with Gasteiger partial charge in [-0.1, -0.05) is 0 Å². The van der Waals surface area contributed by atoms with Crippen LogP contribution in [0.4, 0.5) is 5.69 Å². The largest absolute Gasteiger partial charge is 0.322 e. The molecule has 2 aromatic rings. The summed E-state index contributed by atoms with van der Waals surface area (Å²) >= 11 is 0. The van der Waals surface area contributed by atoms with Crippen LogP contribution in [0.5, 0.6) is 0 Å². The van der Waals surface area contributed by atoms with E-state index >= 15 is 0 Å². The van der Waals surface area contributed by atoms with Crippen molar-refractivity contribution in [2.45, 2.75) is 0 Å². The maximum absolute atomic E-state index is 11.5. The zero-order valence-electron chi connectivity index (χ0n) is 9.29. The summed E-state index contributed by atoms with van der Waals surface area (Å²) in [5.74, 6) is 0.399. The van der Waals surface area contributed by atoms with Crippen LogP contribution in [0.1, 0.15) is 0 Å². The number of rotatable bonds is 4. The van der Waals surface area contributed by atoms with Crippen molar-refractivity contribution in [3.63, 3.8) is 0 Å². The molecule has 7 nitrogen and oxygen atoms in total. The van der Waals surface area contributed by atoms with Crippen molar-refractivity contribution in [3.8, 4) is 5.82 Å². The van der Waals surface area contributed by atoms with Crippen molar-refractivity contribution in [3.05, 3.63) is 31.0 Å². The summed E-state index contributed by atoms with van der Waals surface area (Å²) in [4.78, 5) is 19.5. The number of pyridine rings is 1. The Labute approximate surface area is 97.9 Å². The third-order valence-electron chi connectivity index (χ3n) is 2.03. The van der Waals surface area contributed by atoms with Crippen LogP contribution < -0.4 is 10.6 Å². The van der Waals surface area contributed by atoms with E-state index in [4.69, 9.17) is 0 Å². The highest BCUT2D eigenvalue weighted by atomic mass is 16.1. The predicted octanol–water partition coefficient (Wildman–Crippen LogP) is -0.180. The fourth-order valence-corrected chi connectivity index (χ4v) is 1.35. The van der Waals surface area contributed by atoms with E-state index in [9.17, 15) is 4.79 Å². The molecule has 2 rings (SSSR count). The normalized spacial score (nSPS) is 10.2. The Morgan fingerprint density at radius 3 is 3.12 bits per heavy atom. The second kappa shape index (κ2) is 5.17. The molecule has 88 valence electrons. The van der Waals surface area contributed by atoms with Crippen LogP contribution in [0, 0.1) is 0 Å². The SMILES string of the molecule is CNCC(=O)Nc1cccnc1-n1cncn1. The lowest BCUT2D eigenvalue weighted by Gasteiger charge is -2.08. The number of hydrogen-bond donors (Lipinski definition) is 2. The van der Waals surface area contributed by atoms with E-state index < -0.39 is 0 Å². The first kappa shape index (κ1) is 11.2. The van der Waals surface area contributed by atoms with Gasteiger partial charge in [0.2, 0.25) is 5.91 Å². The lowest BCUT2D eigenvalue weighted by Crippen LogP contribution is -2.25. The van der Waals surface area contributed by atoms with E-state index in [1.54, 1.807) is 25.4 Å². The number of nitrogens with zero attached hydrogens (tertiary/aromatic N) is 4. The van der Waals surface area contributed by atoms with Gasteiger partial charge in [0.15, 0.2) is 5.82 Å². The molecular weight excluding hydrogens is 220 g/mol. The summed E-state index contributed by atoms with van der Waals surface area (Å²) in [5, 5.41) is 9.50. The first-order valence-electron chi connectivity index (χ1n) is 5.05.